The molecular weight excluding hydrogens is 424 g/mol. The molecule has 3 aromatic rings. The van der Waals surface area contributed by atoms with E-state index < -0.39 is 5.97 Å². The molecule has 5 nitrogen and oxygen atoms in total. The van der Waals surface area contributed by atoms with Crippen LogP contribution in [0.1, 0.15) is 63.7 Å². The Balaban J connectivity index is 1.63. The fourth-order valence-corrected chi connectivity index (χ4v) is 4.60. The quantitative estimate of drug-likeness (QED) is 0.494. The van der Waals surface area contributed by atoms with Crippen molar-refractivity contribution in [3.05, 3.63) is 93.4 Å². The molecule has 1 aliphatic rings. The highest BCUT2D eigenvalue weighted by molar-refractivity contribution is 6.32. The number of benzene rings is 2. The van der Waals surface area contributed by atoms with Crippen molar-refractivity contribution in [2.24, 2.45) is 0 Å². The average Bonchev–Trinajstić information content (AvgIpc) is 2.80. The number of rotatable bonds is 6. The second-order valence-corrected chi connectivity index (χ2v) is 8.41. The van der Waals surface area contributed by atoms with E-state index in [0.717, 1.165) is 48.1 Å². The molecule has 0 saturated heterocycles. The first kappa shape index (κ1) is 22.0. The van der Waals surface area contributed by atoms with E-state index in [1.165, 1.54) is 11.6 Å². The summed E-state index contributed by atoms with van der Waals surface area (Å²) in [6, 6.07) is 15.2. The number of halogens is 1. The van der Waals surface area contributed by atoms with Crippen molar-refractivity contribution >= 4 is 23.1 Å². The number of nitrogens with zero attached hydrogens (tertiary/aromatic N) is 2. The van der Waals surface area contributed by atoms with Crippen molar-refractivity contribution in [1.29, 1.82) is 0 Å². The molecule has 1 N–H and O–H groups in total. The Morgan fingerprint density at radius 3 is 2.59 bits per heavy atom. The van der Waals surface area contributed by atoms with Crippen LogP contribution in [-0.2, 0) is 6.42 Å². The van der Waals surface area contributed by atoms with Crippen molar-refractivity contribution in [3.8, 4) is 5.88 Å². The van der Waals surface area contributed by atoms with Crippen molar-refractivity contribution in [2.45, 2.75) is 38.5 Å². The number of aryl methyl sites for hydroxylation is 1. The SMILES string of the molecule is COc1nc(C)nc(C2CC=C(c3ccc(C(=O)O)cc3Cl)CC2)c1Cc1ccccc1. The molecule has 1 heterocycles. The summed E-state index contributed by atoms with van der Waals surface area (Å²) >= 11 is 6.39. The largest absolute Gasteiger partial charge is 0.481 e. The van der Waals surface area contributed by atoms with Crippen LogP contribution in [0.3, 0.4) is 0 Å². The van der Waals surface area contributed by atoms with Crippen LogP contribution in [0.4, 0.5) is 0 Å². The molecule has 1 atom stereocenters. The first-order chi connectivity index (χ1) is 15.5. The van der Waals surface area contributed by atoms with Gasteiger partial charge in [-0.2, -0.15) is 4.98 Å². The highest BCUT2D eigenvalue weighted by atomic mass is 35.5. The minimum atomic E-state index is -0.977. The highest BCUT2D eigenvalue weighted by Gasteiger charge is 2.25. The number of hydrogen-bond acceptors (Lipinski definition) is 4. The third-order valence-electron chi connectivity index (χ3n) is 5.89. The lowest BCUT2D eigenvalue weighted by Gasteiger charge is -2.25. The van der Waals surface area contributed by atoms with Crippen LogP contribution in [0.25, 0.3) is 5.57 Å². The molecule has 0 amide bonds. The van der Waals surface area contributed by atoms with Crippen molar-refractivity contribution in [3.63, 3.8) is 0 Å². The van der Waals surface area contributed by atoms with Gasteiger partial charge in [-0.1, -0.05) is 54.1 Å². The summed E-state index contributed by atoms with van der Waals surface area (Å²) in [7, 11) is 1.65. The fraction of sp³-hybridized carbons (Fsp3) is 0.269. The monoisotopic (exact) mass is 448 g/mol. The molecule has 0 bridgehead atoms. The van der Waals surface area contributed by atoms with Crippen LogP contribution in [0.2, 0.25) is 5.02 Å². The normalized spacial score (nSPS) is 15.8. The van der Waals surface area contributed by atoms with Gasteiger partial charge in [-0.25, -0.2) is 9.78 Å². The second-order valence-electron chi connectivity index (χ2n) is 8.01. The van der Waals surface area contributed by atoms with Gasteiger partial charge in [0.2, 0.25) is 5.88 Å². The molecule has 0 spiro atoms. The van der Waals surface area contributed by atoms with Crippen LogP contribution in [0, 0.1) is 6.92 Å². The Morgan fingerprint density at radius 1 is 1.19 bits per heavy atom. The van der Waals surface area contributed by atoms with E-state index in [1.807, 2.05) is 25.1 Å². The zero-order chi connectivity index (χ0) is 22.7. The van der Waals surface area contributed by atoms with E-state index >= 15 is 0 Å². The first-order valence-corrected chi connectivity index (χ1v) is 11.0. The van der Waals surface area contributed by atoms with E-state index in [-0.39, 0.29) is 11.5 Å². The highest BCUT2D eigenvalue weighted by Crippen LogP contribution is 2.40. The van der Waals surface area contributed by atoms with Crippen LogP contribution < -0.4 is 4.74 Å². The number of aromatic carboxylic acids is 1. The average molecular weight is 449 g/mol. The lowest BCUT2D eigenvalue weighted by Crippen LogP contribution is -2.13. The minimum Gasteiger partial charge on any atom is -0.481 e. The Hall–Kier alpha value is -3.18. The smallest absolute Gasteiger partial charge is 0.335 e. The molecule has 1 unspecified atom stereocenters. The zero-order valence-electron chi connectivity index (χ0n) is 18.1. The lowest BCUT2D eigenvalue weighted by molar-refractivity contribution is 0.0697. The first-order valence-electron chi connectivity index (χ1n) is 10.6. The van der Waals surface area contributed by atoms with E-state index in [9.17, 15) is 9.90 Å². The Bertz CT molecular complexity index is 1180. The molecule has 0 aliphatic heterocycles. The summed E-state index contributed by atoms with van der Waals surface area (Å²) in [6.45, 7) is 1.90. The standard InChI is InChI=1S/C26H25ClN2O3/c1-16-28-24(22(25(29-16)32-2)14-17-6-4-3-5-7-17)19-10-8-18(9-11-19)21-13-12-20(26(30)31)15-23(21)27/h3-8,12-13,15,19H,9-11,14H2,1-2H3,(H,30,31). The number of ether oxygens (including phenoxy) is 1. The topological polar surface area (TPSA) is 72.3 Å². The molecular formula is C26H25ClN2O3. The summed E-state index contributed by atoms with van der Waals surface area (Å²) < 4.78 is 5.63. The van der Waals surface area contributed by atoms with Gasteiger partial charge < -0.3 is 9.84 Å². The van der Waals surface area contributed by atoms with E-state index in [2.05, 4.69) is 23.2 Å². The number of hydrogen-bond donors (Lipinski definition) is 1. The fourth-order valence-electron chi connectivity index (χ4n) is 4.30. The number of allylic oxidation sites excluding steroid dienone is 2. The Labute approximate surface area is 192 Å². The molecule has 32 heavy (non-hydrogen) atoms. The van der Waals surface area contributed by atoms with Crippen LogP contribution in [0.5, 0.6) is 5.88 Å². The summed E-state index contributed by atoms with van der Waals surface area (Å²) in [5.74, 6) is 0.620. The predicted octanol–water partition coefficient (Wildman–Crippen LogP) is 6.09. The molecule has 0 saturated carbocycles. The van der Waals surface area contributed by atoms with Gasteiger partial charge in [0.25, 0.3) is 0 Å². The van der Waals surface area contributed by atoms with Gasteiger partial charge >= 0.3 is 5.97 Å². The molecule has 1 aliphatic carbocycles. The van der Waals surface area contributed by atoms with Crippen molar-refractivity contribution in [2.75, 3.05) is 7.11 Å². The maximum Gasteiger partial charge on any atom is 0.335 e. The van der Waals surface area contributed by atoms with Gasteiger partial charge in [-0.05, 0) is 55.0 Å². The zero-order valence-corrected chi connectivity index (χ0v) is 18.9. The Kier molecular flexibility index (Phi) is 6.56. The molecule has 4 rings (SSSR count). The minimum absolute atomic E-state index is 0.196. The molecule has 0 radical (unpaired) electrons. The van der Waals surface area contributed by atoms with E-state index in [1.54, 1.807) is 19.2 Å². The molecule has 164 valence electrons. The summed E-state index contributed by atoms with van der Waals surface area (Å²) in [5, 5.41) is 9.64. The maximum absolute atomic E-state index is 11.2. The van der Waals surface area contributed by atoms with Crippen LogP contribution in [-0.4, -0.2) is 28.2 Å². The molecule has 6 heteroatoms. The number of carbonyl (C=O) groups is 1. The van der Waals surface area contributed by atoms with Crippen LogP contribution >= 0.6 is 11.6 Å². The summed E-state index contributed by atoms with van der Waals surface area (Å²) in [6.07, 6.45) is 5.51. The molecule has 2 aromatic carbocycles. The van der Waals surface area contributed by atoms with E-state index in [0.29, 0.717) is 16.7 Å². The lowest BCUT2D eigenvalue weighted by atomic mass is 9.82. The second kappa shape index (κ2) is 9.53. The van der Waals surface area contributed by atoms with Crippen molar-refractivity contribution in [1.82, 2.24) is 9.97 Å². The molecule has 1 aromatic heterocycles. The predicted molar refractivity (Wildman–Crippen MR) is 126 cm³/mol. The van der Waals surface area contributed by atoms with Gasteiger partial charge in [0, 0.05) is 22.9 Å². The van der Waals surface area contributed by atoms with Gasteiger partial charge in [-0.3, -0.25) is 0 Å². The van der Waals surface area contributed by atoms with Gasteiger partial charge in [0.15, 0.2) is 0 Å². The number of aromatic nitrogens is 2. The van der Waals surface area contributed by atoms with E-state index in [4.69, 9.17) is 21.3 Å². The maximum atomic E-state index is 11.2. The van der Waals surface area contributed by atoms with Gasteiger partial charge in [0.05, 0.1) is 18.4 Å². The molecule has 0 fully saturated rings. The summed E-state index contributed by atoms with van der Waals surface area (Å²) in [4.78, 5) is 20.5. The third-order valence-corrected chi connectivity index (χ3v) is 6.20. The van der Waals surface area contributed by atoms with Crippen molar-refractivity contribution < 1.29 is 14.6 Å². The number of methoxy groups -OCH3 is 1. The van der Waals surface area contributed by atoms with Crippen LogP contribution in [0.15, 0.2) is 54.6 Å². The van der Waals surface area contributed by atoms with Gasteiger partial charge in [-0.15, -0.1) is 0 Å². The van der Waals surface area contributed by atoms with Gasteiger partial charge in [0.1, 0.15) is 5.82 Å². The Morgan fingerprint density at radius 2 is 1.97 bits per heavy atom. The number of carboxylic acid groups (broad SMARTS) is 1. The number of carboxylic acids is 1. The summed E-state index contributed by atoms with van der Waals surface area (Å²) in [5.41, 5.74) is 5.51. The third kappa shape index (κ3) is 4.68.